The predicted octanol–water partition coefficient (Wildman–Crippen LogP) is 4.90. The molecule has 10 heteroatoms. The van der Waals surface area contributed by atoms with Gasteiger partial charge < -0.3 is 20.1 Å². The van der Waals surface area contributed by atoms with Crippen molar-refractivity contribution in [2.75, 3.05) is 30.6 Å². The van der Waals surface area contributed by atoms with Gasteiger partial charge in [0.2, 0.25) is 5.91 Å². The number of ether oxygens (including phenoxy) is 2. The molecule has 2 amide bonds. The fourth-order valence-electron chi connectivity index (χ4n) is 3.04. The van der Waals surface area contributed by atoms with Crippen LogP contribution in [0.3, 0.4) is 0 Å². The molecule has 3 rings (SSSR count). The Morgan fingerprint density at radius 2 is 1.74 bits per heavy atom. The van der Waals surface area contributed by atoms with E-state index in [0.29, 0.717) is 28.4 Å². The maximum absolute atomic E-state index is 12.6. The molecule has 0 spiro atoms. The Bertz CT molecular complexity index is 1230. The number of carbonyl (C=O) groups is 2. The summed E-state index contributed by atoms with van der Waals surface area (Å²) in [5, 5.41) is 16.5. The summed E-state index contributed by atoms with van der Waals surface area (Å²) in [6.45, 7) is 1.76. The SMILES string of the molecule is COc1ccc(C(=O)Nc2cccc(SCC(=O)Nc3cc([N+](=O)[O-])ccc3C)c2)cc1OC. The molecule has 176 valence electrons. The minimum Gasteiger partial charge on any atom is -0.493 e. The van der Waals surface area contributed by atoms with Crippen molar-refractivity contribution in [1.82, 2.24) is 0 Å². The van der Waals surface area contributed by atoms with E-state index >= 15 is 0 Å². The first-order valence-electron chi connectivity index (χ1n) is 10.1. The maximum atomic E-state index is 12.6. The summed E-state index contributed by atoms with van der Waals surface area (Å²) in [5.74, 6) is 0.450. The maximum Gasteiger partial charge on any atom is 0.271 e. The second-order valence-electron chi connectivity index (χ2n) is 7.14. The average Bonchev–Trinajstić information content (AvgIpc) is 2.83. The van der Waals surface area contributed by atoms with Crippen LogP contribution in [0.1, 0.15) is 15.9 Å². The number of nitrogens with one attached hydrogen (secondary N) is 2. The summed E-state index contributed by atoms with van der Waals surface area (Å²) >= 11 is 1.28. The summed E-state index contributed by atoms with van der Waals surface area (Å²) in [7, 11) is 3.02. The van der Waals surface area contributed by atoms with Crippen LogP contribution in [0.5, 0.6) is 11.5 Å². The molecule has 0 atom stereocenters. The van der Waals surface area contributed by atoms with Crippen molar-refractivity contribution < 1.29 is 24.0 Å². The highest BCUT2D eigenvalue weighted by atomic mass is 32.2. The molecule has 9 nitrogen and oxygen atoms in total. The van der Waals surface area contributed by atoms with Crippen LogP contribution in [0, 0.1) is 17.0 Å². The number of aryl methyl sites for hydroxylation is 1. The van der Waals surface area contributed by atoms with E-state index in [0.717, 1.165) is 10.5 Å². The summed E-state index contributed by atoms with van der Waals surface area (Å²) in [5.41, 5.74) is 2.01. The Balaban J connectivity index is 1.61. The van der Waals surface area contributed by atoms with Crippen LogP contribution in [-0.4, -0.2) is 36.7 Å². The van der Waals surface area contributed by atoms with Crippen LogP contribution in [0.25, 0.3) is 0 Å². The van der Waals surface area contributed by atoms with Gasteiger partial charge in [0, 0.05) is 28.3 Å². The largest absolute Gasteiger partial charge is 0.493 e. The van der Waals surface area contributed by atoms with E-state index in [4.69, 9.17) is 9.47 Å². The Hall–Kier alpha value is -4.05. The summed E-state index contributed by atoms with van der Waals surface area (Å²) < 4.78 is 10.4. The molecule has 0 radical (unpaired) electrons. The van der Waals surface area contributed by atoms with E-state index in [1.165, 1.54) is 38.1 Å². The second-order valence-corrected chi connectivity index (χ2v) is 8.19. The minimum absolute atomic E-state index is 0.0912. The number of amides is 2. The van der Waals surface area contributed by atoms with Crippen molar-refractivity contribution in [3.63, 3.8) is 0 Å². The number of thioether (sulfide) groups is 1. The van der Waals surface area contributed by atoms with Gasteiger partial charge in [-0.15, -0.1) is 11.8 Å². The van der Waals surface area contributed by atoms with Crippen molar-refractivity contribution >= 4 is 40.6 Å². The van der Waals surface area contributed by atoms with E-state index in [-0.39, 0.29) is 23.3 Å². The summed E-state index contributed by atoms with van der Waals surface area (Å²) in [6, 6.07) is 16.3. The topological polar surface area (TPSA) is 120 Å². The number of non-ortho nitro benzene ring substituents is 1. The molecule has 3 aromatic rings. The number of hydrogen-bond acceptors (Lipinski definition) is 7. The van der Waals surface area contributed by atoms with Gasteiger partial charge in [0.05, 0.1) is 30.6 Å². The Morgan fingerprint density at radius 1 is 0.971 bits per heavy atom. The van der Waals surface area contributed by atoms with Crippen molar-refractivity contribution in [3.8, 4) is 11.5 Å². The standard InChI is InChI=1S/C24H23N3O6S/c1-15-7-9-18(27(30)31)13-20(15)26-23(28)14-34-19-6-4-5-17(12-19)25-24(29)16-8-10-21(32-2)22(11-16)33-3/h4-13H,14H2,1-3H3,(H,25,29)(H,26,28). The number of carbonyl (C=O) groups excluding carboxylic acids is 2. The van der Waals surface area contributed by atoms with Crippen LogP contribution in [0.2, 0.25) is 0 Å². The van der Waals surface area contributed by atoms with Crippen molar-refractivity contribution in [2.24, 2.45) is 0 Å². The van der Waals surface area contributed by atoms with Crippen LogP contribution in [-0.2, 0) is 4.79 Å². The quantitative estimate of drug-likeness (QED) is 0.253. The normalized spacial score (nSPS) is 10.3. The number of benzene rings is 3. The number of hydrogen-bond donors (Lipinski definition) is 2. The lowest BCUT2D eigenvalue weighted by molar-refractivity contribution is -0.384. The molecule has 0 bridgehead atoms. The Labute approximate surface area is 200 Å². The third kappa shape index (κ3) is 6.26. The molecule has 0 aliphatic rings. The van der Waals surface area contributed by atoms with E-state index in [1.54, 1.807) is 49.4 Å². The molecular formula is C24H23N3O6S. The number of anilines is 2. The van der Waals surface area contributed by atoms with Gasteiger partial charge in [0.15, 0.2) is 11.5 Å². The first-order valence-corrected chi connectivity index (χ1v) is 11.1. The lowest BCUT2D eigenvalue weighted by Gasteiger charge is -2.11. The average molecular weight is 482 g/mol. The predicted molar refractivity (Wildman–Crippen MR) is 131 cm³/mol. The molecule has 2 N–H and O–H groups in total. The number of methoxy groups -OCH3 is 2. The molecular weight excluding hydrogens is 458 g/mol. The van der Waals surface area contributed by atoms with Gasteiger partial charge in [0.25, 0.3) is 11.6 Å². The Morgan fingerprint density at radius 3 is 2.44 bits per heavy atom. The zero-order valence-electron chi connectivity index (χ0n) is 18.8. The zero-order chi connectivity index (χ0) is 24.7. The molecule has 0 fully saturated rings. The lowest BCUT2D eigenvalue weighted by atomic mass is 10.2. The number of nitrogens with zero attached hydrogens (tertiary/aromatic N) is 1. The van der Waals surface area contributed by atoms with Crippen LogP contribution < -0.4 is 20.1 Å². The molecule has 34 heavy (non-hydrogen) atoms. The van der Waals surface area contributed by atoms with Crippen LogP contribution >= 0.6 is 11.8 Å². The van der Waals surface area contributed by atoms with Crippen molar-refractivity contribution in [2.45, 2.75) is 11.8 Å². The number of nitro groups is 1. The fraction of sp³-hybridized carbons (Fsp3) is 0.167. The van der Waals surface area contributed by atoms with Gasteiger partial charge in [-0.25, -0.2) is 0 Å². The van der Waals surface area contributed by atoms with E-state index in [9.17, 15) is 19.7 Å². The van der Waals surface area contributed by atoms with Gasteiger partial charge in [0.1, 0.15) is 0 Å². The fourth-order valence-corrected chi connectivity index (χ4v) is 3.79. The van der Waals surface area contributed by atoms with Gasteiger partial charge in [-0.05, 0) is 48.9 Å². The number of rotatable bonds is 9. The van der Waals surface area contributed by atoms with E-state index in [1.807, 2.05) is 6.07 Å². The van der Waals surface area contributed by atoms with Gasteiger partial charge in [-0.2, -0.15) is 0 Å². The molecule has 0 aliphatic carbocycles. The monoisotopic (exact) mass is 481 g/mol. The van der Waals surface area contributed by atoms with E-state index < -0.39 is 4.92 Å². The summed E-state index contributed by atoms with van der Waals surface area (Å²) in [4.78, 5) is 36.3. The van der Waals surface area contributed by atoms with Gasteiger partial charge in [-0.3, -0.25) is 19.7 Å². The van der Waals surface area contributed by atoms with Crippen molar-refractivity contribution in [3.05, 3.63) is 81.9 Å². The second kappa shape index (κ2) is 11.2. The third-order valence-electron chi connectivity index (χ3n) is 4.81. The number of nitro benzene ring substituents is 1. The molecule has 0 unspecified atom stereocenters. The first-order chi connectivity index (χ1) is 16.3. The highest BCUT2D eigenvalue weighted by Gasteiger charge is 2.13. The highest BCUT2D eigenvalue weighted by molar-refractivity contribution is 8.00. The van der Waals surface area contributed by atoms with Crippen LogP contribution in [0.15, 0.2) is 65.6 Å². The highest BCUT2D eigenvalue weighted by Crippen LogP contribution is 2.28. The van der Waals surface area contributed by atoms with Crippen LogP contribution in [0.4, 0.5) is 17.1 Å². The van der Waals surface area contributed by atoms with E-state index in [2.05, 4.69) is 10.6 Å². The van der Waals surface area contributed by atoms with Gasteiger partial charge >= 0.3 is 0 Å². The molecule has 3 aromatic carbocycles. The Kier molecular flexibility index (Phi) is 8.10. The molecule has 0 aromatic heterocycles. The zero-order valence-corrected chi connectivity index (χ0v) is 19.6. The molecule has 0 heterocycles. The molecule has 0 saturated heterocycles. The van der Waals surface area contributed by atoms with Crippen molar-refractivity contribution in [1.29, 1.82) is 0 Å². The smallest absolute Gasteiger partial charge is 0.271 e. The van der Waals surface area contributed by atoms with Gasteiger partial charge in [-0.1, -0.05) is 12.1 Å². The summed E-state index contributed by atoms with van der Waals surface area (Å²) in [6.07, 6.45) is 0. The minimum atomic E-state index is -0.508. The first kappa shape index (κ1) is 24.6. The molecule has 0 saturated carbocycles. The lowest BCUT2D eigenvalue weighted by Crippen LogP contribution is -2.15. The third-order valence-corrected chi connectivity index (χ3v) is 5.81. The molecule has 0 aliphatic heterocycles.